The van der Waals surface area contributed by atoms with Crippen molar-refractivity contribution < 1.29 is 31.4 Å². The van der Waals surface area contributed by atoms with E-state index in [2.05, 4.69) is 10.1 Å². The smallest absolute Gasteiger partial charge is 0.349 e. The second-order valence-electron chi connectivity index (χ2n) is 6.16. The van der Waals surface area contributed by atoms with Crippen LogP contribution in [0.15, 0.2) is 38.9 Å². The van der Waals surface area contributed by atoms with Crippen LogP contribution in [0.4, 0.5) is 8.78 Å². The zero-order valence-electron chi connectivity index (χ0n) is 16.6. The van der Waals surface area contributed by atoms with Crippen LogP contribution >= 0.6 is 33.9 Å². The first-order valence-electron chi connectivity index (χ1n) is 8.67. The number of H-pyrrole nitrogens is 1. The Kier molecular flexibility index (Phi) is 7.77. The number of aromatic amines is 1. The predicted octanol–water partition coefficient (Wildman–Crippen LogP) is 3.26. The number of aromatic nitrogens is 4. The number of alkyl halides is 2. The third-order valence-corrected chi connectivity index (χ3v) is 5.80. The SMILES string of the molecule is COCOc1cnc(Oc2c(Cl)cc(-n3nc(C(F)F)c(=O)[nH]c3=O)cc2Cl)cc1S(=O)(=O)Cl. The maximum atomic E-state index is 13.0. The third kappa shape index (κ3) is 5.64. The second-order valence-corrected chi connectivity index (χ2v) is 9.50. The van der Waals surface area contributed by atoms with Gasteiger partial charge in [0, 0.05) is 23.9 Å². The number of benzene rings is 1. The second kappa shape index (κ2) is 10.2. The molecular weight excluding hydrogens is 549 g/mol. The number of methoxy groups -OCH3 is 1. The Balaban J connectivity index is 2.02. The van der Waals surface area contributed by atoms with Crippen molar-refractivity contribution in [2.24, 2.45) is 0 Å². The summed E-state index contributed by atoms with van der Waals surface area (Å²) in [7, 11) is 2.45. The summed E-state index contributed by atoms with van der Waals surface area (Å²) in [4.78, 5) is 28.6. The van der Waals surface area contributed by atoms with E-state index in [1.807, 2.05) is 0 Å². The van der Waals surface area contributed by atoms with Crippen LogP contribution < -0.4 is 20.7 Å². The monoisotopic (exact) mass is 558 g/mol. The van der Waals surface area contributed by atoms with E-state index in [-0.39, 0.29) is 39.9 Å². The molecule has 1 aromatic carbocycles. The van der Waals surface area contributed by atoms with Gasteiger partial charge in [0.1, 0.15) is 4.90 Å². The summed E-state index contributed by atoms with van der Waals surface area (Å²) < 4.78 is 65.5. The molecule has 1 N–H and O–H groups in total. The summed E-state index contributed by atoms with van der Waals surface area (Å²) in [6.45, 7) is -0.286. The normalized spacial score (nSPS) is 11.6. The van der Waals surface area contributed by atoms with Crippen molar-refractivity contribution in [2.75, 3.05) is 13.9 Å². The molecule has 0 aliphatic carbocycles. The molecule has 0 unspecified atom stereocenters. The molecule has 0 amide bonds. The lowest BCUT2D eigenvalue weighted by Crippen LogP contribution is -2.34. The van der Waals surface area contributed by atoms with Gasteiger partial charge in [0.05, 0.1) is 21.9 Å². The molecule has 3 rings (SSSR count). The molecule has 0 aliphatic heterocycles. The van der Waals surface area contributed by atoms with Crippen molar-refractivity contribution in [1.29, 1.82) is 0 Å². The van der Waals surface area contributed by atoms with Gasteiger partial charge in [-0.25, -0.2) is 27.0 Å². The zero-order valence-corrected chi connectivity index (χ0v) is 19.7. The van der Waals surface area contributed by atoms with Crippen molar-refractivity contribution in [1.82, 2.24) is 19.7 Å². The average Bonchev–Trinajstić information content (AvgIpc) is 2.74. The largest absolute Gasteiger partial charge is 0.465 e. The summed E-state index contributed by atoms with van der Waals surface area (Å²) in [5.41, 5.74) is -3.84. The standard InChI is InChI=1S/C17H11Cl3F2N4O7S/c1-31-6-32-10-5-23-12(4-11(10)34(20,29)30)33-14-8(18)2-7(3-9(14)19)26-17(28)24-16(27)13(25-26)15(21)22/h2-5,15H,6H2,1H3,(H,24,27,28). The Morgan fingerprint density at radius 2 is 1.82 bits per heavy atom. The Bertz CT molecular complexity index is 1440. The lowest BCUT2D eigenvalue weighted by molar-refractivity contribution is 0.0487. The van der Waals surface area contributed by atoms with E-state index in [9.17, 15) is 26.8 Å². The quantitative estimate of drug-likeness (QED) is 0.325. The van der Waals surface area contributed by atoms with Gasteiger partial charge < -0.3 is 14.2 Å². The first-order valence-corrected chi connectivity index (χ1v) is 11.7. The fraction of sp³-hybridized carbons (Fsp3) is 0.176. The molecule has 0 saturated heterocycles. The van der Waals surface area contributed by atoms with Gasteiger partial charge in [-0.15, -0.1) is 0 Å². The number of pyridine rings is 1. The maximum absolute atomic E-state index is 13.0. The number of nitrogens with one attached hydrogen (secondary N) is 1. The number of ether oxygens (including phenoxy) is 3. The van der Waals surface area contributed by atoms with Crippen LogP contribution in [0.5, 0.6) is 17.4 Å². The molecule has 2 heterocycles. The molecule has 0 spiro atoms. The fourth-order valence-corrected chi connectivity index (χ4v) is 3.99. The summed E-state index contributed by atoms with van der Waals surface area (Å²) in [5.74, 6) is -0.746. The topological polar surface area (TPSA) is 142 Å². The summed E-state index contributed by atoms with van der Waals surface area (Å²) in [6.07, 6.45) is -2.24. The molecule has 0 bridgehead atoms. The lowest BCUT2D eigenvalue weighted by atomic mass is 10.3. The van der Waals surface area contributed by atoms with Crippen molar-refractivity contribution in [3.05, 3.63) is 61.0 Å². The Hall–Kier alpha value is -2.78. The van der Waals surface area contributed by atoms with Crippen LogP contribution in [0.25, 0.3) is 5.69 Å². The van der Waals surface area contributed by atoms with E-state index >= 15 is 0 Å². The molecule has 0 atom stereocenters. The molecule has 182 valence electrons. The highest BCUT2D eigenvalue weighted by Crippen LogP contribution is 2.39. The Morgan fingerprint density at radius 3 is 2.38 bits per heavy atom. The molecule has 34 heavy (non-hydrogen) atoms. The molecule has 17 heteroatoms. The van der Waals surface area contributed by atoms with Gasteiger partial charge in [-0.1, -0.05) is 23.2 Å². The number of hydrogen-bond acceptors (Lipinski definition) is 9. The summed E-state index contributed by atoms with van der Waals surface area (Å²) in [6, 6.07) is 3.11. The average molecular weight is 560 g/mol. The number of halogens is 5. The van der Waals surface area contributed by atoms with Crippen LogP contribution in [0, 0.1) is 0 Å². The van der Waals surface area contributed by atoms with E-state index in [0.29, 0.717) is 4.68 Å². The van der Waals surface area contributed by atoms with Crippen molar-refractivity contribution in [2.45, 2.75) is 11.3 Å². The minimum Gasteiger partial charge on any atom is -0.465 e. The van der Waals surface area contributed by atoms with Crippen LogP contribution in [-0.2, 0) is 13.8 Å². The Morgan fingerprint density at radius 1 is 1.18 bits per heavy atom. The summed E-state index contributed by atoms with van der Waals surface area (Å²) >= 11 is 12.3. The van der Waals surface area contributed by atoms with Gasteiger partial charge in [0.2, 0.25) is 5.88 Å². The maximum Gasteiger partial charge on any atom is 0.349 e. The van der Waals surface area contributed by atoms with Gasteiger partial charge in [-0.2, -0.15) is 9.78 Å². The lowest BCUT2D eigenvalue weighted by Gasteiger charge is -2.13. The Labute approximate surface area is 203 Å². The van der Waals surface area contributed by atoms with Crippen molar-refractivity contribution >= 4 is 42.9 Å². The first kappa shape index (κ1) is 25.8. The molecule has 0 saturated carbocycles. The molecule has 11 nitrogen and oxygen atoms in total. The molecule has 3 aromatic rings. The van der Waals surface area contributed by atoms with E-state index in [4.69, 9.17) is 48.1 Å². The highest BCUT2D eigenvalue weighted by atomic mass is 35.7. The van der Waals surface area contributed by atoms with Gasteiger partial charge in [-0.3, -0.25) is 9.78 Å². The number of hydrogen-bond donors (Lipinski definition) is 1. The molecule has 0 radical (unpaired) electrons. The molecular formula is C17H11Cl3F2N4O7S. The van der Waals surface area contributed by atoms with E-state index in [0.717, 1.165) is 24.4 Å². The minimum atomic E-state index is -4.29. The van der Waals surface area contributed by atoms with E-state index in [1.54, 1.807) is 4.98 Å². The minimum absolute atomic E-state index is 0.175. The predicted molar refractivity (Wildman–Crippen MR) is 115 cm³/mol. The van der Waals surface area contributed by atoms with E-state index < -0.39 is 37.3 Å². The van der Waals surface area contributed by atoms with Gasteiger partial charge in [0.25, 0.3) is 21.0 Å². The summed E-state index contributed by atoms with van der Waals surface area (Å²) in [5, 5.41) is 2.87. The number of nitrogens with zero attached hydrogens (tertiary/aromatic N) is 3. The third-order valence-electron chi connectivity index (χ3n) is 3.90. The highest BCUT2D eigenvalue weighted by Gasteiger charge is 2.22. The van der Waals surface area contributed by atoms with Crippen LogP contribution in [0.2, 0.25) is 10.0 Å². The number of rotatable bonds is 8. The molecule has 0 fully saturated rings. The zero-order chi connectivity index (χ0) is 25.2. The highest BCUT2D eigenvalue weighted by molar-refractivity contribution is 8.13. The van der Waals surface area contributed by atoms with Crippen molar-refractivity contribution in [3.8, 4) is 23.1 Å². The van der Waals surface area contributed by atoms with Gasteiger partial charge in [0.15, 0.2) is 24.0 Å². The van der Waals surface area contributed by atoms with Crippen LogP contribution in [-0.4, -0.2) is 42.1 Å². The first-order chi connectivity index (χ1) is 15.9. The fourth-order valence-electron chi connectivity index (χ4n) is 2.48. The van der Waals surface area contributed by atoms with Gasteiger partial charge >= 0.3 is 5.69 Å². The van der Waals surface area contributed by atoms with Crippen LogP contribution in [0.3, 0.4) is 0 Å². The molecule has 2 aromatic heterocycles. The van der Waals surface area contributed by atoms with Crippen LogP contribution in [0.1, 0.15) is 12.1 Å². The van der Waals surface area contributed by atoms with Crippen molar-refractivity contribution in [3.63, 3.8) is 0 Å². The van der Waals surface area contributed by atoms with E-state index in [1.165, 1.54) is 7.11 Å². The van der Waals surface area contributed by atoms with Gasteiger partial charge in [-0.05, 0) is 12.1 Å². The molecule has 0 aliphatic rings.